The molecule has 0 fully saturated rings. The number of rotatable bonds is 5. The van der Waals surface area contributed by atoms with Crippen molar-refractivity contribution < 1.29 is 9.53 Å². The molecule has 0 saturated heterocycles. The van der Waals surface area contributed by atoms with Gasteiger partial charge in [-0.3, -0.25) is 14.8 Å². The molecule has 0 aliphatic carbocycles. The second kappa shape index (κ2) is 7.28. The van der Waals surface area contributed by atoms with E-state index in [1.165, 1.54) is 13.3 Å². The van der Waals surface area contributed by atoms with Crippen LogP contribution in [0.15, 0.2) is 29.6 Å². The van der Waals surface area contributed by atoms with Gasteiger partial charge in [0.1, 0.15) is 5.69 Å². The smallest absolute Gasteiger partial charge is 0.234 e. The maximum absolute atomic E-state index is 12.6. The largest absolute Gasteiger partial charge is 0.480 e. The van der Waals surface area contributed by atoms with Crippen molar-refractivity contribution in [1.82, 2.24) is 15.0 Å². The zero-order valence-corrected chi connectivity index (χ0v) is 15.4. The summed E-state index contributed by atoms with van der Waals surface area (Å²) >= 11 is 1.55. The Morgan fingerprint density at radius 1 is 1.35 bits per heavy atom. The van der Waals surface area contributed by atoms with Crippen molar-refractivity contribution in [3.8, 4) is 5.88 Å². The zero-order chi connectivity index (χ0) is 18.7. The van der Waals surface area contributed by atoms with Gasteiger partial charge in [0.05, 0.1) is 18.8 Å². The topological polar surface area (TPSA) is 129 Å². The molecule has 9 heteroatoms. The minimum Gasteiger partial charge on any atom is -0.480 e. The third-order valence-electron chi connectivity index (χ3n) is 4.23. The van der Waals surface area contributed by atoms with E-state index in [9.17, 15) is 4.79 Å². The molecule has 1 aliphatic heterocycles. The molecule has 26 heavy (non-hydrogen) atoms. The first-order valence-electron chi connectivity index (χ1n) is 8.03. The minimum absolute atomic E-state index is 0.0482. The number of ketones is 1. The van der Waals surface area contributed by atoms with Crippen molar-refractivity contribution >= 4 is 28.5 Å². The summed E-state index contributed by atoms with van der Waals surface area (Å²) in [5, 5.41) is 0.571. The fourth-order valence-corrected chi connectivity index (χ4v) is 3.72. The lowest BCUT2D eigenvalue weighted by molar-refractivity contribution is 0.0988. The molecule has 0 unspecified atom stereocenters. The lowest BCUT2D eigenvalue weighted by Gasteiger charge is -2.29. The fourth-order valence-electron chi connectivity index (χ4n) is 2.74. The number of pyridine rings is 1. The van der Waals surface area contributed by atoms with Crippen LogP contribution in [-0.4, -0.2) is 38.8 Å². The summed E-state index contributed by atoms with van der Waals surface area (Å²) < 4.78 is 4.95. The highest BCUT2D eigenvalue weighted by atomic mass is 32.2. The predicted molar refractivity (Wildman–Crippen MR) is 101 cm³/mol. The highest BCUT2D eigenvalue weighted by Gasteiger charge is 2.30. The lowest BCUT2D eigenvalue weighted by atomic mass is 9.90. The average Bonchev–Trinajstić information content (AvgIpc) is 2.61. The van der Waals surface area contributed by atoms with E-state index in [1.54, 1.807) is 24.2 Å². The quantitative estimate of drug-likeness (QED) is 0.756. The number of thioether (sulfide) groups is 1. The average molecular weight is 372 g/mol. The SMILES string of the molecule is COc1cnc(C(=O)Cc2cncc([C@]3(C)CCSC(N)=N3)c2)c(N)n1. The van der Waals surface area contributed by atoms with Crippen LogP contribution in [0.25, 0.3) is 0 Å². The first-order chi connectivity index (χ1) is 12.4. The Morgan fingerprint density at radius 3 is 2.85 bits per heavy atom. The Kier molecular flexibility index (Phi) is 5.08. The van der Waals surface area contributed by atoms with Crippen molar-refractivity contribution in [2.75, 3.05) is 18.6 Å². The summed E-state index contributed by atoms with van der Waals surface area (Å²) in [6, 6.07) is 1.94. The summed E-state index contributed by atoms with van der Waals surface area (Å²) in [5.41, 5.74) is 13.1. The maximum atomic E-state index is 12.6. The van der Waals surface area contributed by atoms with Gasteiger partial charge in [0, 0.05) is 24.6 Å². The standard InChI is InChI=1S/C17H20N6O2S/c1-17(3-4-26-16(19)23-17)11-5-10(7-20-8-11)6-12(24)14-15(18)22-13(25-2)9-21-14/h5,7-9H,3-4,6H2,1-2H3,(H2,18,22)(H2,19,23)/t17-/m0/s1. The zero-order valence-electron chi connectivity index (χ0n) is 14.6. The molecule has 0 spiro atoms. The van der Waals surface area contributed by atoms with Gasteiger partial charge in [0.25, 0.3) is 0 Å². The molecule has 0 amide bonds. The second-order valence-corrected chi connectivity index (χ2v) is 7.27. The number of ether oxygens (including phenoxy) is 1. The minimum atomic E-state index is -0.430. The van der Waals surface area contributed by atoms with E-state index < -0.39 is 5.54 Å². The Hall–Kier alpha value is -2.68. The van der Waals surface area contributed by atoms with Crippen LogP contribution in [0.2, 0.25) is 0 Å². The molecule has 1 atom stereocenters. The van der Waals surface area contributed by atoms with Gasteiger partial charge >= 0.3 is 0 Å². The van der Waals surface area contributed by atoms with E-state index in [-0.39, 0.29) is 29.6 Å². The Morgan fingerprint density at radius 2 is 2.15 bits per heavy atom. The highest BCUT2D eigenvalue weighted by Crippen LogP contribution is 2.34. The third kappa shape index (κ3) is 3.77. The number of nitrogens with two attached hydrogens (primary N) is 2. The van der Waals surface area contributed by atoms with Crippen molar-refractivity contribution in [3.63, 3.8) is 0 Å². The summed E-state index contributed by atoms with van der Waals surface area (Å²) in [5.74, 6) is 0.977. The van der Waals surface area contributed by atoms with E-state index in [0.717, 1.165) is 23.3 Å². The van der Waals surface area contributed by atoms with Crippen molar-refractivity contribution in [1.29, 1.82) is 0 Å². The van der Waals surface area contributed by atoms with Crippen molar-refractivity contribution in [2.24, 2.45) is 10.7 Å². The van der Waals surface area contributed by atoms with Crippen LogP contribution < -0.4 is 16.2 Å². The fraction of sp³-hybridized carbons (Fsp3) is 0.353. The number of hydrogen-bond acceptors (Lipinski definition) is 9. The second-order valence-electron chi connectivity index (χ2n) is 6.15. The Bertz CT molecular complexity index is 872. The summed E-state index contributed by atoms with van der Waals surface area (Å²) in [6.07, 6.45) is 5.77. The number of carbonyl (C=O) groups is 1. The Balaban J connectivity index is 1.83. The van der Waals surface area contributed by atoms with E-state index in [1.807, 2.05) is 13.0 Å². The maximum Gasteiger partial charge on any atom is 0.234 e. The first kappa shape index (κ1) is 18.1. The number of carbonyl (C=O) groups excluding carboxylic acids is 1. The normalized spacial score (nSPS) is 19.7. The van der Waals surface area contributed by atoms with Crippen LogP contribution in [0.3, 0.4) is 0 Å². The molecular weight excluding hydrogens is 352 g/mol. The van der Waals surface area contributed by atoms with E-state index >= 15 is 0 Å². The molecule has 0 bridgehead atoms. The molecule has 2 aromatic heterocycles. The Labute approximate surface area is 155 Å². The molecule has 4 N–H and O–H groups in total. The summed E-state index contributed by atoms with van der Waals surface area (Å²) in [6.45, 7) is 2.02. The molecule has 2 aromatic rings. The van der Waals surface area contributed by atoms with E-state index in [2.05, 4.69) is 19.9 Å². The van der Waals surface area contributed by atoms with Crippen molar-refractivity contribution in [3.05, 3.63) is 41.5 Å². The van der Waals surface area contributed by atoms with Gasteiger partial charge < -0.3 is 16.2 Å². The number of anilines is 1. The van der Waals surface area contributed by atoms with E-state index in [4.69, 9.17) is 16.2 Å². The molecular formula is C17H20N6O2S. The molecule has 136 valence electrons. The third-order valence-corrected chi connectivity index (χ3v) is 5.02. The molecule has 0 saturated carbocycles. The van der Waals surface area contributed by atoms with Gasteiger partial charge in [0.2, 0.25) is 5.88 Å². The van der Waals surface area contributed by atoms with Gasteiger partial charge in [-0.25, -0.2) is 4.98 Å². The molecule has 3 rings (SSSR count). The molecule has 8 nitrogen and oxygen atoms in total. The van der Waals surface area contributed by atoms with Gasteiger partial charge in [-0.2, -0.15) is 4.98 Å². The van der Waals surface area contributed by atoms with Crippen LogP contribution in [0, 0.1) is 0 Å². The van der Waals surface area contributed by atoms with Gasteiger partial charge in [0.15, 0.2) is 16.8 Å². The van der Waals surface area contributed by atoms with E-state index in [0.29, 0.717) is 5.17 Å². The highest BCUT2D eigenvalue weighted by molar-refractivity contribution is 8.13. The number of Topliss-reactive ketones (excluding diaryl/α,β-unsaturated/α-hetero) is 1. The number of methoxy groups -OCH3 is 1. The first-order valence-corrected chi connectivity index (χ1v) is 9.02. The number of nitrogens with zero attached hydrogens (tertiary/aromatic N) is 4. The summed E-state index contributed by atoms with van der Waals surface area (Å²) in [4.78, 5) is 29.4. The molecule has 0 aromatic carbocycles. The van der Waals surface area contributed by atoms with Crippen LogP contribution in [0.5, 0.6) is 5.88 Å². The molecule has 0 radical (unpaired) electrons. The van der Waals surface area contributed by atoms with Gasteiger partial charge in [-0.15, -0.1) is 0 Å². The van der Waals surface area contributed by atoms with Crippen LogP contribution in [0.4, 0.5) is 5.82 Å². The van der Waals surface area contributed by atoms with Crippen LogP contribution in [0.1, 0.15) is 35.0 Å². The number of aliphatic imine (C=N–C) groups is 1. The monoisotopic (exact) mass is 372 g/mol. The lowest BCUT2D eigenvalue weighted by Crippen LogP contribution is -2.29. The van der Waals surface area contributed by atoms with Crippen molar-refractivity contribution in [2.45, 2.75) is 25.3 Å². The van der Waals surface area contributed by atoms with Crippen LogP contribution in [-0.2, 0) is 12.0 Å². The number of hydrogen-bond donors (Lipinski definition) is 2. The summed E-state index contributed by atoms with van der Waals surface area (Å²) in [7, 11) is 1.46. The number of amidine groups is 1. The predicted octanol–water partition coefficient (Wildman–Crippen LogP) is 1.55. The van der Waals surface area contributed by atoms with Crippen LogP contribution >= 0.6 is 11.8 Å². The van der Waals surface area contributed by atoms with Gasteiger partial charge in [-0.05, 0) is 30.5 Å². The van der Waals surface area contributed by atoms with Gasteiger partial charge in [-0.1, -0.05) is 11.8 Å². The number of aromatic nitrogens is 3. The number of nitrogen functional groups attached to an aromatic ring is 1. The molecule has 3 heterocycles. The molecule has 1 aliphatic rings.